The summed E-state index contributed by atoms with van der Waals surface area (Å²) in [5.41, 5.74) is -1.61. The van der Waals surface area contributed by atoms with Crippen LogP contribution in [-0.4, -0.2) is 108 Å². The molecule has 348 valence electrons. The number of fused-ring (bicyclic) bond motifs is 4. The number of piperazine rings is 1. The van der Waals surface area contributed by atoms with E-state index in [0.29, 0.717) is 37.3 Å². The number of hydrogen-bond donors (Lipinski definition) is 1. The van der Waals surface area contributed by atoms with Gasteiger partial charge in [-0.15, -0.1) is 11.3 Å². The van der Waals surface area contributed by atoms with Crippen molar-refractivity contribution in [3.63, 3.8) is 0 Å². The van der Waals surface area contributed by atoms with E-state index >= 15 is 8.78 Å². The van der Waals surface area contributed by atoms with Gasteiger partial charge in [0.2, 0.25) is 0 Å². The minimum atomic E-state index is -0.830. The highest BCUT2D eigenvalue weighted by atomic mass is 35.5. The number of aromatic nitrogens is 2. The Morgan fingerprint density at radius 1 is 1.00 bits per heavy atom. The van der Waals surface area contributed by atoms with Crippen molar-refractivity contribution >= 4 is 72.9 Å². The molecule has 3 fully saturated rings. The smallest absolute Gasteiger partial charge is 0.412 e. The fourth-order valence-electron chi connectivity index (χ4n) is 7.84. The highest BCUT2D eigenvalue weighted by molar-refractivity contribution is 7.23. The molecule has 0 radical (unpaired) electrons. The summed E-state index contributed by atoms with van der Waals surface area (Å²) < 4.78 is 53.3. The van der Waals surface area contributed by atoms with Crippen LogP contribution in [0, 0.1) is 23.0 Å². The molecule has 14 nitrogen and oxygen atoms in total. The van der Waals surface area contributed by atoms with Gasteiger partial charge in [-0.05, 0) is 118 Å². The van der Waals surface area contributed by atoms with E-state index in [0.717, 1.165) is 49.6 Å². The Kier molecular flexibility index (Phi) is 16.6. The van der Waals surface area contributed by atoms with Crippen LogP contribution in [0.5, 0.6) is 6.01 Å². The molecule has 2 amide bonds. The van der Waals surface area contributed by atoms with Crippen molar-refractivity contribution < 1.29 is 42.1 Å². The Bertz CT molecular complexity index is 2360. The average molecular weight is 929 g/mol. The van der Waals surface area contributed by atoms with Gasteiger partial charge in [0.25, 0.3) is 0 Å². The topological polar surface area (TPSA) is 159 Å². The lowest BCUT2D eigenvalue weighted by Crippen LogP contribution is -2.57. The van der Waals surface area contributed by atoms with Gasteiger partial charge in [-0.3, -0.25) is 15.0 Å². The summed E-state index contributed by atoms with van der Waals surface area (Å²) in [5, 5.41) is 13.1. The first kappa shape index (κ1) is 50.0. The van der Waals surface area contributed by atoms with Gasteiger partial charge in [-0.1, -0.05) is 31.5 Å². The van der Waals surface area contributed by atoms with E-state index in [2.05, 4.69) is 20.2 Å². The molecule has 64 heavy (non-hydrogen) atoms. The number of carbonyl (C=O) groups is 3. The predicted molar refractivity (Wildman–Crippen MR) is 246 cm³/mol. The molecule has 0 saturated carbocycles. The summed E-state index contributed by atoms with van der Waals surface area (Å²) in [6, 6.07) is 5.67. The monoisotopic (exact) mass is 927 g/mol. The molecule has 1 N–H and O–H groups in total. The van der Waals surface area contributed by atoms with Gasteiger partial charge in [0.1, 0.15) is 39.4 Å². The molecular weight excluding hydrogens is 868 g/mol. The van der Waals surface area contributed by atoms with E-state index < -0.39 is 28.9 Å². The van der Waals surface area contributed by atoms with Gasteiger partial charge < -0.3 is 28.7 Å². The molecule has 0 aliphatic carbocycles. The quantitative estimate of drug-likeness (QED) is 0.0912. The van der Waals surface area contributed by atoms with Crippen LogP contribution >= 0.6 is 22.9 Å². The van der Waals surface area contributed by atoms with E-state index in [1.165, 1.54) is 32.7 Å². The highest BCUT2D eigenvalue weighted by Gasteiger charge is 2.45. The lowest BCUT2D eigenvalue weighted by atomic mass is 9.97. The van der Waals surface area contributed by atoms with Gasteiger partial charge in [-0.25, -0.2) is 18.4 Å². The van der Waals surface area contributed by atoms with Crippen molar-refractivity contribution in [2.75, 3.05) is 56.7 Å². The molecule has 2 bridgehead atoms. The second-order valence-corrected chi connectivity index (χ2v) is 18.9. The van der Waals surface area contributed by atoms with Crippen LogP contribution in [0.2, 0.25) is 5.02 Å². The Morgan fingerprint density at radius 2 is 1.66 bits per heavy atom. The van der Waals surface area contributed by atoms with Crippen LogP contribution in [-0.2, 0) is 19.0 Å². The maximum atomic E-state index is 16.9. The number of amides is 2. The Labute approximate surface area is 383 Å². The first-order valence-corrected chi connectivity index (χ1v) is 23.0. The number of rotatable bonds is 10. The van der Waals surface area contributed by atoms with Gasteiger partial charge in [0, 0.05) is 35.8 Å². The third-order valence-corrected chi connectivity index (χ3v) is 12.0. The zero-order valence-corrected chi connectivity index (χ0v) is 40.0. The molecule has 7 rings (SSSR count). The highest BCUT2D eigenvalue weighted by Crippen LogP contribution is 2.47. The number of hydrogen-bond acceptors (Lipinski definition) is 13. The number of anilines is 2. The number of thiophene rings is 1. The van der Waals surface area contributed by atoms with Crippen molar-refractivity contribution in [3.8, 4) is 23.2 Å². The molecule has 3 saturated heterocycles. The maximum Gasteiger partial charge on any atom is 0.412 e. The van der Waals surface area contributed by atoms with Crippen LogP contribution < -0.4 is 15.0 Å². The molecule has 18 heteroatoms. The van der Waals surface area contributed by atoms with Crippen molar-refractivity contribution in [2.45, 2.75) is 124 Å². The normalized spacial score (nSPS) is 17.1. The van der Waals surface area contributed by atoms with Crippen molar-refractivity contribution in [1.29, 1.82) is 5.26 Å². The predicted octanol–water partition coefficient (Wildman–Crippen LogP) is 10.7. The SMILES string of the molecule is CC.CCOC(=O)CCCCN1CCC1.COc1nc(N2CC3CCC(C2)N3C(=O)OC(C)(C)C)c2cc(Cl)c(-c3ccc(F)c4sc(NC(=O)OC(C)(C)C)c(C#N)c34)c(F)c2n1. The van der Waals surface area contributed by atoms with Crippen LogP contribution in [0.4, 0.5) is 29.2 Å². The Hall–Kier alpha value is -5.05. The second-order valence-electron chi connectivity index (χ2n) is 17.5. The van der Waals surface area contributed by atoms with Crippen LogP contribution in [0.15, 0.2) is 18.2 Å². The molecule has 0 spiro atoms. The molecule has 2 atom stereocenters. The molecule has 2 aromatic carbocycles. The van der Waals surface area contributed by atoms with E-state index in [9.17, 15) is 19.6 Å². The van der Waals surface area contributed by atoms with E-state index in [4.69, 9.17) is 30.5 Å². The number of nitrogens with one attached hydrogen (secondary N) is 1. The van der Waals surface area contributed by atoms with Crippen LogP contribution in [0.1, 0.15) is 106 Å². The van der Waals surface area contributed by atoms with Gasteiger partial charge in [0.05, 0.1) is 41.1 Å². The number of esters is 1. The van der Waals surface area contributed by atoms with Crippen molar-refractivity contribution in [3.05, 3.63) is 40.4 Å². The largest absolute Gasteiger partial charge is 0.467 e. The number of likely N-dealkylation sites (tertiary alicyclic amines) is 1. The molecule has 2 unspecified atom stereocenters. The third kappa shape index (κ3) is 11.8. The molecule has 3 aliphatic heterocycles. The fourth-order valence-corrected chi connectivity index (χ4v) is 9.20. The number of halogens is 3. The van der Waals surface area contributed by atoms with Gasteiger partial charge in [-0.2, -0.15) is 15.2 Å². The standard InChI is InChI=1S/C34H35ClF2N6O5S.C10H19NO2.C2H6/c1-33(2,3)47-31(44)41-29-20(13-38)23-18(10-11-22(36)27(23)49-29)24-21(35)12-19-26(25(24)37)39-30(46-7)40-28(19)42-14-16-8-9-17(15-42)43(16)32(45)48-34(4,5)6;1-2-13-10(12)6-3-4-7-11-8-5-9-11;1-2/h10-12,16-17H,8-9,14-15H2,1-7H3,(H,41,44);2-9H2,1H3;1-2H3. The van der Waals surface area contributed by atoms with Gasteiger partial charge in [0.15, 0.2) is 5.82 Å². The number of methoxy groups -OCH3 is 1. The summed E-state index contributed by atoms with van der Waals surface area (Å²) in [6.07, 6.45) is 4.36. The lowest BCUT2D eigenvalue weighted by Gasteiger charge is -2.42. The van der Waals surface area contributed by atoms with Crippen molar-refractivity contribution in [1.82, 2.24) is 19.8 Å². The summed E-state index contributed by atoms with van der Waals surface area (Å²) in [7, 11) is 1.37. The number of nitriles is 1. The fraction of sp³-hybridized carbons (Fsp3) is 0.565. The minimum absolute atomic E-state index is 0.0231. The minimum Gasteiger partial charge on any atom is -0.467 e. The average Bonchev–Trinajstić information content (AvgIpc) is 3.71. The zero-order chi connectivity index (χ0) is 47.1. The molecule has 2 aromatic heterocycles. The number of unbranched alkanes of at least 4 members (excludes halogenated alkanes) is 1. The first-order chi connectivity index (χ1) is 30.3. The number of ether oxygens (including phenoxy) is 4. The Balaban J connectivity index is 0.000000439. The first-order valence-electron chi connectivity index (χ1n) is 21.9. The maximum absolute atomic E-state index is 16.9. The summed E-state index contributed by atoms with van der Waals surface area (Å²) in [6.45, 7) is 21.4. The number of carbonyl (C=O) groups excluding carboxylic acids is 3. The van der Waals surface area contributed by atoms with Crippen LogP contribution in [0.3, 0.4) is 0 Å². The molecule has 3 aliphatic rings. The summed E-state index contributed by atoms with van der Waals surface area (Å²) in [5.74, 6) is -1.16. The zero-order valence-electron chi connectivity index (χ0n) is 38.5. The van der Waals surface area contributed by atoms with E-state index in [1.807, 2.05) is 52.5 Å². The van der Waals surface area contributed by atoms with Gasteiger partial charge >= 0.3 is 24.2 Å². The molecule has 4 aromatic rings. The number of benzene rings is 2. The van der Waals surface area contributed by atoms with Crippen LogP contribution in [0.25, 0.3) is 32.1 Å². The number of nitrogens with zero attached hydrogens (tertiary/aromatic N) is 6. The lowest BCUT2D eigenvalue weighted by molar-refractivity contribution is -0.143. The third-order valence-electron chi connectivity index (χ3n) is 10.6. The summed E-state index contributed by atoms with van der Waals surface area (Å²) in [4.78, 5) is 51.7. The second kappa shape index (κ2) is 21.3. The van der Waals surface area contributed by atoms with E-state index in [-0.39, 0.29) is 72.5 Å². The van der Waals surface area contributed by atoms with Crippen molar-refractivity contribution in [2.24, 2.45) is 0 Å². The molecular formula is C46H60ClF2N7O7S. The summed E-state index contributed by atoms with van der Waals surface area (Å²) >= 11 is 7.67. The van der Waals surface area contributed by atoms with E-state index in [1.54, 1.807) is 31.7 Å². The molecule has 5 heterocycles. The Morgan fingerprint density at radius 3 is 2.22 bits per heavy atom.